The Labute approximate surface area is 147 Å². The average molecular weight is 331 g/mol. The second-order valence-corrected chi connectivity index (χ2v) is 9.10. The van der Waals surface area contributed by atoms with Crippen LogP contribution >= 0.6 is 0 Å². The fraction of sp³-hybridized carbons (Fsp3) is 0.714. The molecule has 3 rings (SSSR count). The molecule has 3 heteroatoms. The number of nitrogens with one attached hydrogen (secondary N) is 1. The Morgan fingerprint density at radius 3 is 2.33 bits per heavy atom. The Kier molecular flexibility index (Phi) is 5.33. The lowest BCUT2D eigenvalue weighted by atomic mass is 9.78. The molecule has 0 saturated carbocycles. The van der Waals surface area contributed by atoms with Crippen LogP contribution in [0.3, 0.4) is 0 Å². The number of ether oxygens (including phenoxy) is 1. The van der Waals surface area contributed by atoms with E-state index in [4.69, 9.17) is 4.74 Å². The van der Waals surface area contributed by atoms with Crippen LogP contribution in [0.4, 0.5) is 0 Å². The molecule has 0 radical (unpaired) electrons. The Balaban J connectivity index is 1.77. The van der Waals surface area contributed by atoms with Crippen LogP contribution in [0, 0.1) is 5.92 Å². The summed E-state index contributed by atoms with van der Waals surface area (Å²) in [5, 5.41) is 3.82. The predicted molar refractivity (Wildman–Crippen MR) is 100 cm³/mol. The molecule has 2 fully saturated rings. The number of hydrogen-bond donors (Lipinski definition) is 1. The van der Waals surface area contributed by atoms with Gasteiger partial charge in [0.2, 0.25) is 0 Å². The van der Waals surface area contributed by atoms with Crippen LogP contribution in [0.1, 0.15) is 52.5 Å². The maximum Gasteiger partial charge on any atom is 0.0507 e. The standard InChI is InChI=1S/C21H34N2O/c1-20(2)12-19(13-21(3,4)22-20)23(15-18-10-11-24-16-18)14-17-8-6-5-7-9-17/h5-9,18-19,22H,10-16H2,1-4H3/t18-/m0/s1. The van der Waals surface area contributed by atoms with Crippen LogP contribution < -0.4 is 5.32 Å². The van der Waals surface area contributed by atoms with Crippen LogP contribution in [-0.4, -0.2) is 41.8 Å². The second-order valence-electron chi connectivity index (χ2n) is 9.10. The van der Waals surface area contributed by atoms with Crippen molar-refractivity contribution < 1.29 is 4.74 Å². The maximum atomic E-state index is 5.64. The van der Waals surface area contributed by atoms with Crippen molar-refractivity contribution in [2.24, 2.45) is 5.92 Å². The zero-order valence-corrected chi connectivity index (χ0v) is 15.8. The quantitative estimate of drug-likeness (QED) is 0.888. The van der Waals surface area contributed by atoms with Crippen molar-refractivity contribution in [3.05, 3.63) is 35.9 Å². The minimum absolute atomic E-state index is 0.188. The molecule has 2 heterocycles. The van der Waals surface area contributed by atoms with E-state index in [1.807, 2.05) is 0 Å². The third kappa shape index (κ3) is 4.81. The van der Waals surface area contributed by atoms with E-state index in [1.54, 1.807) is 0 Å². The van der Waals surface area contributed by atoms with Crippen molar-refractivity contribution >= 4 is 0 Å². The largest absolute Gasteiger partial charge is 0.381 e. The Hall–Kier alpha value is -0.900. The van der Waals surface area contributed by atoms with Gasteiger partial charge in [0, 0.05) is 36.8 Å². The molecule has 1 atom stereocenters. The van der Waals surface area contributed by atoms with Gasteiger partial charge in [-0.05, 0) is 58.4 Å². The van der Waals surface area contributed by atoms with Crippen LogP contribution in [0.25, 0.3) is 0 Å². The van der Waals surface area contributed by atoms with Gasteiger partial charge in [-0.3, -0.25) is 4.90 Å². The molecule has 0 unspecified atom stereocenters. The van der Waals surface area contributed by atoms with E-state index >= 15 is 0 Å². The topological polar surface area (TPSA) is 24.5 Å². The van der Waals surface area contributed by atoms with Gasteiger partial charge in [-0.25, -0.2) is 0 Å². The van der Waals surface area contributed by atoms with E-state index in [-0.39, 0.29) is 11.1 Å². The molecule has 0 amide bonds. The molecule has 1 aromatic carbocycles. The van der Waals surface area contributed by atoms with Crippen LogP contribution in [-0.2, 0) is 11.3 Å². The summed E-state index contributed by atoms with van der Waals surface area (Å²) in [4.78, 5) is 2.74. The molecule has 0 spiro atoms. The number of rotatable bonds is 5. The normalized spacial score (nSPS) is 26.8. The monoisotopic (exact) mass is 330 g/mol. The van der Waals surface area contributed by atoms with Crippen LogP contribution in [0.15, 0.2) is 30.3 Å². The molecule has 0 aromatic heterocycles. The zero-order valence-electron chi connectivity index (χ0n) is 15.8. The average Bonchev–Trinajstić information content (AvgIpc) is 2.97. The summed E-state index contributed by atoms with van der Waals surface area (Å²) in [7, 11) is 0. The molecule has 2 saturated heterocycles. The highest BCUT2D eigenvalue weighted by molar-refractivity contribution is 5.15. The van der Waals surface area contributed by atoms with Gasteiger partial charge in [-0.2, -0.15) is 0 Å². The number of hydrogen-bond acceptors (Lipinski definition) is 3. The molecule has 1 aromatic rings. The summed E-state index contributed by atoms with van der Waals surface area (Å²) in [5.74, 6) is 0.690. The van der Waals surface area contributed by atoms with Crippen molar-refractivity contribution in [1.29, 1.82) is 0 Å². The molecular weight excluding hydrogens is 296 g/mol. The predicted octanol–water partition coefficient (Wildman–Crippen LogP) is 3.83. The summed E-state index contributed by atoms with van der Waals surface area (Å²) in [6.07, 6.45) is 3.62. The summed E-state index contributed by atoms with van der Waals surface area (Å²) >= 11 is 0. The highest BCUT2D eigenvalue weighted by Gasteiger charge is 2.40. The highest BCUT2D eigenvalue weighted by atomic mass is 16.5. The maximum absolute atomic E-state index is 5.64. The number of nitrogens with zero attached hydrogens (tertiary/aromatic N) is 1. The lowest BCUT2D eigenvalue weighted by molar-refractivity contribution is 0.0493. The molecule has 3 nitrogen and oxygen atoms in total. The van der Waals surface area contributed by atoms with Crippen molar-refractivity contribution in [2.75, 3.05) is 19.8 Å². The Bertz CT molecular complexity index is 504. The van der Waals surface area contributed by atoms with Gasteiger partial charge in [-0.1, -0.05) is 30.3 Å². The molecular formula is C21H34N2O. The fourth-order valence-corrected chi connectivity index (χ4v) is 4.75. The second kappa shape index (κ2) is 7.15. The lowest BCUT2D eigenvalue weighted by Gasteiger charge is -2.50. The first-order valence-electron chi connectivity index (χ1n) is 9.48. The SMILES string of the molecule is CC1(C)CC(N(Cc2ccccc2)C[C@@H]2CCOC2)CC(C)(C)N1. The van der Waals surface area contributed by atoms with Crippen LogP contribution in [0.5, 0.6) is 0 Å². The van der Waals surface area contributed by atoms with Crippen molar-refractivity contribution in [2.45, 2.75) is 70.6 Å². The molecule has 134 valence electrons. The third-order valence-corrected chi connectivity index (χ3v) is 5.43. The highest BCUT2D eigenvalue weighted by Crippen LogP contribution is 2.33. The third-order valence-electron chi connectivity index (χ3n) is 5.43. The van der Waals surface area contributed by atoms with Gasteiger partial charge in [0.1, 0.15) is 0 Å². The van der Waals surface area contributed by atoms with Crippen LogP contribution in [0.2, 0.25) is 0 Å². The first kappa shape index (κ1) is 17.9. The lowest BCUT2D eigenvalue weighted by Crippen LogP contribution is -2.62. The number of piperidine rings is 1. The molecule has 1 N–H and O–H groups in total. The first-order valence-corrected chi connectivity index (χ1v) is 9.48. The zero-order chi connectivity index (χ0) is 17.2. The molecule has 2 aliphatic heterocycles. The summed E-state index contributed by atoms with van der Waals surface area (Å²) in [5.41, 5.74) is 1.80. The van der Waals surface area contributed by atoms with Gasteiger partial charge < -0.3 is 10.1 Å². The van der Waals surface area contributed by atoms with Gasteiger partial charge in [-0.15, -0.1) is 0 Å². The minimum Gasteiger partial charge on any atom is -0.381 e. The molecule has 0 bridgehead atoms. The van der Waals surface area contributed by atoms with E-state index in [9.17, 15) is 0 Å². The summed E-state index contributed by atoms with van der Waals surface area (Å²) < 4.78 is 5.64. The van der Waals surface area contributed by atoms with Gasteiger partial charge >= 0.3 is 0 Å². The summed E-state index contributed by atoms with van der Waals surface area (Å²) in [6.45, 7) is 13.5. The summed E-state index contributed by atoms with van der Waals surface area (Å²) in [6, 6.07) is 11.6. The minimum atomic E-state index is 0.188. The van der Waals surface area contributed by atoms with E-state index < -0.39 is 0 Å². The Morgan fingerprint density at radius 1 is 1.08 bits per heavy atom. The van der Waals surface area contributed by atoms with Crippen molar-refractivity contribution in [3.63, 3.8) is 0 Å². The van der Waals surface area contributed by atoms with E-state index in [0.29, 0.717) is 12.0 Å². The van der Waals surface area contributed by atoms with E-state index in [2.05, 4.69) is 68.2 Å². The van der Waals surface area contributed by atoms with E-state index in [1.165, 1.54) is 24.8 Å². The van der Waals surface area contributed by atoms with Gasteiger partial charge in [0.05, 0.1) is 6.61 Å². The van der Waals surface area contributed by atoms with Gasteiger partial charge in [0.15, 0.2) is 0 Å². The molecule has 2 aliphatic rings. The number of benzene rings is 1. The van der Waals surface area contributed by atoms with Crippen molar-refractivity contribution in [3.8, 4) is 0 Å². The molecule has 0 aliphatic carbocycles. The molecule has 24 heavy (non-hydrogen) atoms. The smallest absolute Gasteiger partial charge is 0.0507 e. The fourth-order valence-electron chi connectivity index (χ4n) is 4.75. The van der Waals surface area contributed by atoms with E-state index in [0.717, 1.165) is 26.3 Å². The van der Waals surface area contributed by atoms with Gasteiger partial charge in [0.25, 0.3) is 0 Å². The first-order chi connectivity index (χ1) is 11.3. The van der Waals surface area contributed by atoms with Crippen molar-refractivity contribution in [1.82, 2.24) is 10.2 Å². The Morgan fingerprint density at radius 2 is 1.75 bits per heavy atom.